The van der Waals surface area contributed by atoms with E-state index in [1.54, 1.807) is 53.4 Å². The van der Waals surface area contributed by atoms with Crippen LogP contribution in [0.4, 0.5) is 5.69 Å². The molecule has 7 heteroatoms. The largest absolute Gasteiger partial charge is 0.457 e. The minimum absolute atomic E-state index is 0.145. The van der Waals surface area contributed by atoms with Gasteiger partial charge in [-0.15, -0.1) is 0 Å². The summed E-state index contributed by atoms with van der Waals surface area (Å²) in [5.74, 6) is 0.446. The van der Waals surface area contributed by atoms with E-state index in [1.807, 2.05) is 37.3 Å². The molecule has 0 unspecified atom stereocenters. The monoisotopic (exact) mass is 431 g/mol. The molecular formula is C25H25N3O4. The van der Waals surface area contributed by atoms with Crippen LogP contribution in [0.2, 0.25) is 0 Å². The summed E-state index contributed by atoms with van der Waals surface area (Å²) in [5, 5.41) is 2.75. The van der Waals surface area contributed by atoms with Crippen LogP contribution < -0.4 is 15.8 Å². The molecule has 0 aliphatic heterocycles. The van der Waals surface area contributed by atoms with Crippen LogP contribution in [0.5, 0.6) is 11.5 Å². The number of hydrogen-bond donors (Lipinski definition) is 2. The van der Waals surface area contributed by atoms with Crippen molar-refractivity contribution in [1.29, 1.82) is 0 Å². The fourth-order valence-electron chi connectivity index (χ4n) is 3.05. The Balaban J connectivity index is 1.53. The summed E-state index contributed by atoms with van der Waals surface area (Å²) in [5.41, 5.74) is 6.66. The number of nitrogens with one attached hydrogen (secondary N) is 1. The number of carbonyl (C=O) groups excluding carboxylic acids is 3. The van der Waals surface area contributed by atoms with Crippen molar-refractivity contribution in [2.45, 2.75) is 13.3 Å². The van der Waals surface area contributed by atoms with Crippen molar-refractivity contribution in [3.05, 3.63) is 90.0 Å². The van der Waals surface area contributed by atoms with Gasteiger partial charge in [-0.2, -0.15) is 0 Å². The molecule has 3 rings (SSSR count). The molecule has 3 aromatic rings. The Kier molecular flexibility index (Phi) is 7.59. The summed E-state index contributed by atoms with van der Waals surface area (Å²) in [6.07, 6.45) is 0.145. The number of amides is 3. The molecule has 0 heterocycles. The number of para-hydroxylation sites is 1. The van der Waals surface area contributed by atoms with E-state index in [2.05, 4.69) is 5.32 Å². The molecule has 3 N–H and O–H groups in total. The maximum atomic E-state index is 12.8. The minimum atomic E-state index is -0.528. The maximum Gasteiger partial charge on any atom is 0.253 e. The molecule has 7 nitrogen and oxygen atoms in total. The van der Waals surface area contributed by atoms with Gasteiger partial charge in [0.05, 0.1) is 0 Å². The van der Waals surface area contributed by atoms with Crippen molar-refractivity contribution in [3.63, 3.8) is 0 Å². The summed E-state index contributed by atoms with van der Waals surface area (Å²) in [7, 11) is 0. The summed E-state index contributed by atoms with van der Waals surface area (Å²) >= 11 is 0. The zero-order valence-corrected chi connectivity index (χ0v) is 17.8. The quantitative estimate of drug-likeness (QED) is 0.533. The van der Waals surface area contributed by atoms with E-state index >= 15 is 0 Å². The van der Waals surface area contributed by atoms with Crippen molar-refractivity contribution < 1.29 is 19.1 Å². The van der Waals surface area contributed by atoms with Crippen molar-refractivity contribution in [3.8, 4) is 11.5 Å². The predicted octanol–water partition coefficient (Wildman–Crippen LogP) is 4.07. The van der Waals surface area contributed by atoms with Crippen LogP contribution in [0, 0.1) is 0 Å². The molecule has 0 aromatic heterocycles. The number of nitrogens with zero attached hydrogens (tertiary/aromatic N) is 1. The molecular weight excluding hydrogens is 406 g/mol. The number of primary amides is 1. The van der Waals surface area contributed by atoms with Crippen LogP contribution in [0.15, 0.2) is 78.9 Å². The van der Waals surface area contributed by atoms with E-state index in [0.29, 0.717) is 29.1 Å². The second-order valence-corrected chi connectivity index (χ2v) is 7.06. The highest BCUT2D eigenvalue weighted by Crippen LogP contribution is 2.21. The van der Waals surface area contributed by atoms with Gasteiger partial charge in [-0.05, 0) is 67.6 Å². The molecule has 0 radical (unpaired) electrons. The lowest BCUT2D eigenvalue weighted by molar-refractivity contribution is -0.116. The second kappa shape index (κ2) is 10.8. The molecule has 0 fully saturated rings. The molecule has 0 saturated carbocycles. The molecule has 0 bridgehead atoms. The zero-order valence-electron chi connectivity index (χ0n) is 17.8. The van der Waals surface area contributed by atoms with Crippen LogP contribution in [-0.4, -0.2) is 35.7 Å². The Hall–Kier alpha value is -4.13. The lowest BCUT2D eigenvalue weighted by Crippen LogP contribution is -2.33. The molecule has 0 aliphatic carbocycles. The van der Waals surface area contributed by atoms with Gasteiger partial charge >= 0.3 is 0 Å². The standard InChI is InChI=1S/C25H25N3O4/c1-2-28(17-16-23(29)27-20-12-8-18(9-13-20)24(26)30)25(31)19-10-14-22(15-11-19)32-21-6-4-3-5-7-21/h3-15H,2,16-17H2,1H3,(H2,26,30)(H,27,29). The van der Waals surface area contributed by atoms with Gasteiger partial charge in [-0.1, -0.05) is 18.2 Å². The average molecular weight is 431 g/mol. The summed E-state index contributed by atoms with van der Waals surface area (Å²) in [6, 6.07) is 22.6. The molecule has 164 valence electrons. The SMILES string of the molecule is CCN(CCC(=O)Nc1ccc(C(N)=O)cc1)C(=O)c1ccc(Oc2ccccc2)cc1. The van der Waals surface area contributed by atoms with Crippen LogP contribution in [0.25, 0.3) is 0 Å². The zero-order chi connectivity index (χ0) is 22.9. The smallest absolute Gasteiger partial charge is 0.253 e. The van der Waals surface area contributed by atoms with Gasteiger partial charge in [0.2, 0.25) is 11.8 Å². The Labute approximate surface area is 186 Å². The molecule has 0 atom stereocenters. The van der Waals surface area contributed by atoms with Crippen LogP contribution in [-0.2, 0) is 4.79 Å². The highest BCUT2D eigenvalue weighted by molar-refractivity contribution is 5.96. The number of hydrogen-bond acceptors (Lipinski definition) is 4. The summed E-state index contributed by atoms with van der Waals surface area (Å²) in [6.45, 7) is 2.62. The third kappa shape index (κ3) is 6.18. The van der Waals surface area contributed by atoms with Crippen molar-refractivity contribution in [2.75, 3.05) is 18.4 Å². The van der Waals surface area contributed by atoms with E-state index in [1.165, 1.54) is 0 Å². The van der Waals surface area contributed by atoms with E-state index in [0.717, 1.165) is 5.75 Å². The maximum absolute atomic E-state index is 12.8. The van der Waals surface area contributed by atoms with Crippen molar-refractivity contribution >= 4 is 23.4 Å². The Morgan fingerprint density at radius 3 is 2.03 bits per heavy atom. The van der Waals surface area contributed by atoms with Gasteiger partial charge in [-0.3, -0.25) is 14.4 Å². The van der Waals surface area contributed by atoms with Crippen LogP contribution in [0.1, 0.15) is 34.1 Å². The molecule has 32 heavy (non-hydrogen) atoms. The number of ether oxygens (including phenoxy) is 1. The number of nitrogens with two attached hydrogens (primary N) is 1. The van der Waals surface area contributed by atoms with Gasteiger partial charge < -0.3 is 20.7 Å². The van der Waals surface area contributed by atoms with E-state index < -0.39 is 5.91 Å². The number of carbonyl (C=O) groups is 3. The first-order chi connectivity index (χ1) is 15.5. The summed E-state index contributed by atoms with van der Waals surface area (Å²) in [4.78, 5) is 37.8. The Bertz CT molecular complexity index is 1060. The first-order valence-electron chi connectivity index (χ1n) is 10.3. The van der Waals surface area contributed by atoms with Gasteiger partial charge in [-0.25, -0.2) is 0 Å². The number of rotatable bonds is 9. The first-order valence-corrected chi connectivity index (χ1v) is 10.3. The van der Waals surface area contributed by atoms with Crippen molar-refractivity contribution in [2.24, 2.45) is 5.73 Å². The normalized spacial score (nSPS) is 10.3. The fraction of sp³-hybridized carbons (Fsp3) is 0.160. The van der Waals surface area contributed by atoms with Gasteiger partial charge in [0, 0.05) is 36.3 Å². The van der Waals surface area contributed by atoms with Crippen molar-refractivity contribution in [1.82, 2.24) is 4.90 Å². The molecule has 0 saturated heterocycles. The predicted molar refractivity (Wildman–Crippen MR) is 123 cm³/mol. The highest BCUT2D eigenvalue weighted by atomic mass is 16.5. The summed E-state index contributed by atoms with van der Waals surface area (Å²) < 4.78 is 5.75. The Morgan fingerprint density at radius 1 is 0.844 bits per heavy atom. The van der Waals surface area contributed by atoms with Gasteiger partial charge in [0.15, 0.2) is 0 Å². The third-order valence-corrected chi connectivity index (χ3v) is 4.81. The third-order valence-electron chi connectivity index (χ3n) is 4.81. The molecule has 0 aliphatic rings. The van der Waals surface area contributed by atoms with E-state index in [9.17, 15) is 14.4 Å². The lowest BCUT2D eigenvalue weighted by Gasteiger charge is -2.21. The molecule has 0 spiro atoms. The topological polar surface area (TPSA) is 102 Å². The lowest BCUT2D eigenvalue weighted by atomic mass is 10.1. The second-order valence-electron chi connectivity index (χ2n) is 7.06. The van der Waals surface area contributed by atoms with Gasteiger partial charge in [0.25, 0.3) is 5.91 Å². The number of benzene rings is 3. The molecule has 3 amide bonds. The minimum Gasteiger partial charge on any atom is -0.457 e. The number of anilines is 1. The average Bonchev–Trinajstić information content (AvgIpc) is 2.81. The van der Waals surface area contributed by atoms with E-state index in [4.69, 9.17) is 10.5 Å². The highest BCUT2D eigenvalue weighted by Gasteiger charge is 2.16. The van der Waals surface area contributed by atoms with Gasteiger partial charge in [0.1, 0.15) is 11.5 Å². The fourth-order valence-corrected chi connectivity index (χ4v) is 3.05. The first kappa shape index (κ1) is 22.6. The van der Waals surface area contributed by atoms with E-state index in [-0.39, 0.29) is 24.8 Å². The Morgan fingerprint density at radius 2 is 1.44 bits per heavy atom. The van der Waals surface area contributed by atoms with Crippen LogP contribution >= 0.6 is 0 Å². The van der Waals surface area contributed by atoms with Crippen LogP contribution in [0.3, 0.4) is 0 Å². The molecule has 3 aromatic carbocycles.